The van der Waals surface area contributed by atoms with Gasteiger partial charge in [-0.1, -0.05) is 0 Å². The monoisotopic (exact) mass is 261 g/mol. The molecule has 2 N–H and O–H groups in total. The maximum atomic E-state index is 5.83. The van der Waals surface area contributed by atoms with Crippen molar-refractivity contribution in [3.8, 4) is 5.75 Å². The van der Waals surface area contributed by atoms with Crippen LogP contribution in [0.5, 0.6) is 5.75 Å². The van der Waals surface area contributed by atoms with Crippen LogP contribution in [0.3, 0.4) is 0 Å². The minimum absolute atomic E-state index is 0.620. The minimum atomic E-state index is 0.620. The largest absolute Gasteiger partial charge is 0.494 e. The molecule has 0 amide bonds. The Bertz CT molecular complexity index is 528. The molecule has 0 bridgehead atoms. The molecule has 0 saturated heterocycles. The number of aromatic nitrogens is 2. The average molecular weight is 261 g/mol. The summed E-state index contributed by atoms with van der Waals surface area (Å²) in [5.74, 6) is 0.770. The molecule has 1 heterocycles. The molecule has 0 aliphatic heterocycles. The van der Waals surface area contributed by atoms with Crippen LogP contribution in [0.15, 0.2) is 40.6 Å². The Balaban J connectivity index is 2.20. The molecule has 0 aliphatic carbocycles. The second-order valence-corrected chi connectivity index (χ2v) is 4.86. The van der Waals surface area contributed by atoms with Crippen LogP contribution in [0.25, 0.3) is 0 Å². The van der Waals surface area contributed by atoms with E-state index in [1.54, 1.807) is 12.4 Å². The van der Waals surface area contributed by atoms with Crippen LogP contribution >= 0.6 is 11.8 Å². The molecule has 5 heteroatoms. The summed E-state index contributed by atoms with van der Waals surface area (Å²) < 4.78 is 5.45. The molecule has 0 unspecified atom stereocenters. The lowest BCUT2D eigenvalue weighted by Gasteiger charge is -2.07. The highest BCUT2D eigenvalue weighted by atomic mass is 32.2. The predicted octanol–water partition coefficient (Wildman–Crippen LogP) is 2.92. The third kappa shape index (κ3) is 3.37. The predicted molar refractivity (Wildman–Crippen MR) is 72.9 cm³/mol. The Morgan fingerprint density at radius 3 is 2.61 bits per heavy atom. The molecule has 0 saturated carbocycles. The van der Waals surface area contributed by atoms with Gasteiger partial charge < -0.3 is 10.5 Å². The summed E-state index contributed by atoms with van der Waals surface area (Å²) in [5, 5.41) is 0.702. The van der Waals surface area contributed by atoms with Gasteiger partial charge in [0.05, 0.1) is 6.61 Å². The van der Waals surface area contributed by atoms with Crippen molar-refractivity contribution >= 4 is 17.4 Å². The van der Waals surface area contributed by atoms with Crippen molar-refractivity contribution < 1.29 is 4.74 Å². The van der Waals surface area contributed by atoms with E-state index in [2.05, 4.69) is 9.97 Å². The fraction of sp³-hybridized carbons (Fsp3) is 0.231. The van der Waals surface area contributed by atoms with E-state index < -0.39 is 0 Å². The van der Waals surface area contributed by atoms with Gasteiger partial charge in [-0.3, -0.25) is 0 Å². The first-order valence-electron chi connectivity index (χ1n) is 5.67. The maximum Gasteiger partial charge on any atom is 0.192 e. The van der Waals surface area contributed by atoms with Gasteiger partial charge in [-0.15, -0.1) is 0 Å². The van der Waals surface area contributed by atoms with Crippen molar-refractivity contribution in [2.24, 2.45) is 0 Å². The smallest absolute Gasteiger partial charge is 0.192 e. The number of benzene rings is 1. The first-order valence-corrected chi connectivity index (χ1v) is 6.49. The van der Waals surface area contributed by atoms with Crippen molar-refractivity contribution in [3.05, 3.63) is 36.2 Å². The molecule has 0 spiro atoms. The minimum Gasteiger partial charge on any atom is -0.494 e. The Morgan fingerprint density at radius 1 is 1.22 bits per heavy atom. The second-order valence-electron chi connectivity index (χ2n) is 3.82. The first kappa shape index (κ1) is 12.7. The van der Waals surface area contributed by atoms with E-state index in [1.165, 1.54) is 11.8 Å². The first-order chi connectivity index (χ1) is 8.67. The number of rotatable bonds is 4. The van der Waals surface area contributed by atoms with E-state index in [9.17, 15) is 0 Å². The van der Waals surface area contributed by atoms with Gasteiger partial charge in [-0.2, -0.15) is 0 Å². The summed E-state index contributed by atoms with van der Waals surface area (Å²) in [7, 11) is 0. The van der Waals surface area contributed by atoms with E-state index in [1.807, 2.05) is 32.0 Å². The van der Waals surface area contributed by atoms with Crippen molar-refractivity contribution in [1.82, 2.24) is 9.97 Å². The molecule has 0 aliphatic rings. The van der Waals surface area contributed by atoms with E-state index in [0.29, 0.717) is 17.5 Å². The molecule has 2 aromatic rings. The van der Waals surface area contributed by atoms with E-state index in [0.717, 1.165) is 16.2 Å². The zero-order chi connectivity index (χ0) is 13.0. The molecular formula is C13H15N3OS. The van der Waals surface area contributed by atoms with Crippen LogP contribution in [-0.2, 0) is 0 Å². The van der Waals surface area contributed by atoms with Crippen molar-refractivity contribution in [2.45, 2.75) is 23.9 Å². The molecule has 18 heavy (non-hydrogen) atoms. The summed E-state index contributed by atoms with van der Waals surface area (Å²) in [4.78, 5) is 9.47. The normalized spacial score (nSPS) is 10.3. The number of anilines is 1. The number of hydrogen-bond donors (Lipinski definition) is 1. The second kappa shape index (κ2) is 5.73. The lowest BCUT2D eigenvalue weighted by Crippen LogP contribution is -1.94. The van der Waals surface area contributed by atoms with Crippen LogP contribution < -0.4 is 10.5 Å². The van der Waals surface area contributed by atoms with E-state index in [-0.39, 0.29) is 0 Å². The highest BCUT2D eigenvalue weighted by molar-refractivity contribution is 7.99. The average Bonchev–Trinajstić information content (AvgIpc) is 2.32. The molecule has 0 fully saturated rings. The Morgan fingerprint density at radius 2 is 1.94 bits per heavy atom. The Hall–Kier alpha value is -1.75. The molecule has 1 aromatic heterocycles. The molecule has 94 valence electrons. The highest BCUT2D eigenvalue weighted by Gasteiger charge is 2.04. The number of nitrogen functional groups attached to an aromatic ring is 1. The van der Waals surface area contributed by atoms with Gasteiger partial charge >= 0.3 is 0 Å². The molecule has 0 atom stereocenters. The highest BCUT2D eigenvalue weighted by Crippen LogP contribution is 2.30. The summed E-state index contributed by atoms with van der Waals surface area (Å²) >= 11 is 1.47. The van der Waals surface area contributed by atoms with E-state index in [4.69, 9.17) is 10.5 Å². The quantitative estimate of drug-likeness (QED) is 0.677. The molecule has 2 rings (SSSR count). The lowest BCUT2D eigenvalue weighted by atomic mass is 10.3. The van der Waals surface area contributed by atoms with Gasteiger partial charge in [0.25, 0.3) is 0 Å². The summed E-state index contributed by atoms with van der Waals surface area (Å²) in [5.41, 5.74) is 7.55. The van der Waals surface area contributed by atoms with Gasteiger partial charge in [0, 0.05) is 29.0 Å². The summed E-state index contributed by atoms with van der Waals surface area (Å²) in [6.45, 7) is 4.52. The zero-order valence-corrected chi connectivity index (χ0v) is 11.2. The third-order valence-electron chi connectivity index (χ3n) is 2.18. The van der Waals surface area contributed by atoms with Gasteiger partial charge in [0.2, 0.25) is 0 Å². The molecular weight excluding hydrogens is 246 g/mol. The van der Waals surface area contributed by atoms with Crippen LogP contribution in [-0.4, -0.2) is 16.6 Å². The van der Waals surface area contributed by atoms with Crippen molar-refractivity contribution in [1.29, 1.82) is 0 Å². The van der Waals surface area contributed by atoms with Gasteiger partial charge in [0.1, 0.15) is 5.75 Å². The SMILES string of the molecule is CCOc1cc(N)cc(Sc2ncc(C)cn2)c1. The van der Waals surface area contributed by atoms with Gasteiger partial charge in [-0.05, 0) is 43.3 Å². The third-order valence-corrected chi connectivity index (χ3v) is 3.04. The lowest BCUT2D eigenvalue weighted by molar-refractivity contribution is 0.339. The summed E-state index contributed by atoms with van der Waals surface area (Å²) in [6.07, 6.45) is 3.59. The van der Waals surface area contributed by atoms with Crippen LogP contribution in [0.4, 0.5) is 5.69 Å². The number of aryl methyl sites for hydroxylation is 1. The maximum absolute atomic E-state index is 5.83. The number of hydrogen-bond acceptors (Lipinski definition) is 5. The topological polar surface area (TPSA) is 61.0 Å². The summed E-state index contributed by atoms with van der Waals surface area (Å²) in [6, 6.07) is 5.63. The van der Waals surface area contributed by atoms with Crippen molar-refractivity contribution in [2.75, 3.05) is 12.3 Å². The van der Waals surface area contributed by atoms with Crippen molar-refractivity contribution in [3.63, 3.8) is 0 Å². The fourth-order valence-corrected chi connectivity index (χ4v) is 2.23. The number of nitrogens with two attached hydrogens (primary N) is 1. The van der Waals surface area contributed by atoms with Crippen LogP contribution in [0.2, 0.25) is 0 Å². The standard InChI is InChI=1S/C13H15N3OS/c1-3-17-11-4-10(14)5-12(6-11)18-13-15-7-9(2)8-16-13/h4-8H,3,14H2,1-2H3. The molecule has 0 radical (unpaired) electrons. The molecule has 4 nitrogen and oxygen atoms in total. The van der Waals surface area contributed by atoms with Crippen LogP contribution in [0, 0.1) is 6.92 Å². The number of ether oxygens (including phenoxy) is 1. The van der Waals surface area contributed by atoms with E-state index >= 15 is 0 Å². The zero-order valence-electron chi connectivity index (χ0n) is 10.4. The number of nitrogens with zero attached hydrogens (tertiary/aromatic N) is 2. The molecule has 1 aromatic carbocycles. The van der Waals surface area contributed by atoms with Gasteiger partial charge in [0.15, 0.2) is 5.16 Å². The Kier molecular flexibility index (Phi) is 4.04. The van der Waals surface area contributed by atoms with Gasteiger partial charge in [-0.25, -0.2) is 9.97 Å². The van der Waals surface area contributed by atoms with Crippen LogP contribution in [0.1, 0.15) is 12.5 Å². The fourth-order valence-electron chi connectivity index (χ4n) is 1.44. The Labute approximate surface area is 111 Å².